The molecule has 114 valence electrons. The van der Waals surface area contributed by atoms with Gasteiger partial charge in [-0.15, -0.1) is 0 Å². The summed E-state index contributed by atoms with van der Waals surface area (Å²) >= 11 is 0. The van der Waals surface area contributed by atoms with Crippen molar-refractivity contribution in [3.8, 4) is 5.75 Å². The summed E-state index contributed by atoms with van der Waals surface area (Å²) in [7, 11) is 0. The number of nitrogens with zero attached hydrogens (tertiary/aromatic N) is 1. The summed E-state index contributed by atoms with van der Waals surface area (Å²) in [5.74, 6) is -0.253. The number of hydrogen-bond donors (Lipinski definition) is 1. The van der Waals surface area contributed by atoms with Gasteiger partial charge in [0.05, 0.1) is 11.5 Å². The molecule has 0 saturated carbocycles. The highest BCUT2D eigenvalue weighted by molar-refractivity contribution is 6.04. The fraction of sp³-hybridized carbons (Fsp3) is 0.188. The van der Waals surface area contributed by atoms with Gasteiger partial charge in [0.25, 0.3) is 5.91 Å². The molecule has 6 nitrogen and oxygen atoms in total. The van der Waals surface area contributed by atoms with Crippen molar-refractivity contribution in [3.63, 3.8) is 0 Å². The second kappa shape index (κ2) is 6.71. The molecule has 0 aliphatic carbocycles. The molecule has 0 spiro atoms. The number of benzene rings is 2. The van der Waals surface area contributed by atoms with Gasteiger partial charge in [-0.3, -0.25) is 14.9 Å². The molecule has 0 bridgehead atoms. The van der Waals surface area contributed by atoms with E-state index in [0.29, 0.717) is 12.3 Å². The van der Waals surface area contributed by atoms with Gasteiger partial charge in [0.1, 0.15) is 0 Å². The highest BCUT2D eigenvalue weighted by Crippen LogP contribution is 2.28. The number of anilines is 1. The molecule has 0 radical (unpaired) electrons. The van der Waals surface area contributed by atoms with Gasteiger partial charge in [0.15, 0.2) is 5.75 Å². The molecule has 2 aromatic rings. The Morgan fingerprint density at radius 3 is 2.68 bits per heavy atom. The van der Waals surface area contributed by atoms with E-state index in [1.807, 2.05) is 25.1 Å². The maximum Gasteiger partial charge on any atom is 0.311 e. The molecule has 1 N–H and O–H groups in total. The van der Waals surface area contributed by atoms with Crippen molar-refractivity contribution in [2.75, 3.05) is 11.9 Å². The molecular formula is C16H16N2O4. The Morgan fingerprint density at radius 1 is 1.27 bits per heavy atom. The molecule has 0 heterocycles. The van der Waals surface area contributed by atoms with E-state index in [-0.39, 0.29) is 17.0 Å². The third-order valence-electron chi connectivity index (χ3n) is 2.99. The number of aryl methyl sites for hydroxylation is 1. The summed E-state index contributed by atoms with van der Waals surface area (Å²) in [6, 6.07) is 11.5. The number of nitro groups is 1. The van der Waals surface area contributed by atoms with Crippen LogP contribution in [-0.4, -0.2) is 17.4 Å². The number of amides is 1. The van der Waals surface area contributed by atoms with Gasteiger partial charge in [-0.1, -0.05) is 12.1 Å². The van der Waals surface area contributed by atoms with Crippen molar-refractivity contribution in [2.45, 2.75) is 13.8 Å². The summed E-state index contributed by atoms with van der Waals surface area (Å²) in [6.45, 7) is 3.97. The minimum atomic E-state index is -0.561. The maximum atomic E-state index is 12.2. The van der Waals surface area contributed by atoms with Crippen molar-refractivity contribution in [3.05, 3.63) is 63.7 Å². The van der Waals surface area contributed by atoms with E-state index in [1.54, 1.807) is 13.0 Å². The first-order chi connectivity index (χ1) is 10.5. The molecule has 2 aromatic carbocycles. The van der Waals surface area contributed by atoms with Gasteiger partial charge in [0, 0.05) is 17.3 Å². The summed E-state index contributed by atoms with van der Waals surface area (Å²) in [5.41, 5.74) is 1.63. The van der Waals surface area contributed by atoms with Crippen molar-refractivity contribution < 1.29 is 14.5 Å². The maximum absolute atomic E-state index is 12.2. The summed E-state index contributed by atoms with van der Waals surface area (Å²) in [5, 5.41) is 13.8. The number of ether oxygens (including phenoxy) is 1. The standard InChI is InChI=1S/C16H16N2O4/c1-3-22-15-8-7-12(10-14(15)18(20)21)16(19)17-13-6-4-5-11(2)9-13/h4-10H,3H2,1-2H3,(H,17,19). The second-order valence-electron chi connectivity index (χ2n) is 4.70. The average molecular weight is 300 g/mol. The average Bonchev–Trinajstić information content (AvgIpc) is 2.47. The van der Waals surface area contributed by atoms with Gasteiger partial charge in [-0.25, -0.2) is 0 Å². The van der Waals surface area contributed by atoms with Gasteiger partial charge < -0.3 is 10.1 Å². The van der Waals surface area contributed by atoms with Crippen molar-refractivity contribution in [1.82, 2.24) is 0 Å². The Kier molecular flexibility index (Phi) is 4.73. The van der Waals surface area contributed by atoms with E-state index in [9.17, 15) is 14.9 Å². The normalized spacial score (nSPS) is 10.1. The number of nitrogens with one attached hydrogen (secondary N) is 1. The highest BCUT2D eigenvalue weighted by Gasteiger charge is 2.18. The zero-order valence-electron chi connectivity index (χ0n) is 12.3. The minimum absolute atomic E-state index is 0.152. The van der Waals surface area contributed by atoms with E-state index in [1.165, 1.54) is 18.2 Å². The van der Waals surface area contributed by atoms with Crippen LogP contribution in [0.15, 0.2) is 42.5 Å². The van der Waals surface area contributed by atoms with Crippen LogP contribution >= 0.6 is 0 Å². The Morgan fingerprint density at radius 2 is 2.05 bits per heavy atom. The monoisotopic (exact) mass is 300 g/mol. The molecule has 0 saturated heterocycles. The lowest BCUT2D eigenvalue weighted by Crippen LogP contribution is -2.12. The summed E-state index contributed by atoms with van der Waals surface area (Å²) in [4.78, 5) is 22.7. The molecule has 0 fully saturated rings. The first-order valence-electron chi connectivity index (χ1n) is 6.80. The zero-order valence-corrected chi connectivity index (χ0v) is 12.3. The van der Waals surface area contributed by atoms with E-state index >= 15 is 0 Å². The van der Waals surface area contributed by atoms with Crippen LogP contribution in [-0.2, 0) is 0 Å². The fourth-order valence-electron chi connectivity index (χ4n) is 2.00. The third kappa shape index (κ3) is 3.60. The first kappa shape index (κ1) is 15.5. The topological polar surface area (TPSA) is 81.5 Å². The van der Waals surface area contributed by atoms with Crippen molar-refractivity contribution in [1.29, 1.82) is 0 Å². The van der Waals surface area contributed by atoms with Gasteiger partial charge >= 0.3 is 5.69 Å². The molecule has 0 aliphatic heterocycles. The Bertz CT molecular complexity index is 713. The molecule has 2 rings (SSSR count). The number of hydrogen-bond acceptors (Lipinski definition) is 4. The Balaban J connectivity index is 2.26. The highest BCUT2D eigenvalue weighted by atomic mass is 16.6. The molecule has 0 atom stereocenters. The minimum Gasteiger partial charge on any atom is -0.487 e. The molecule has 0 aromatic heterocycles. The molecule has 0 unspecified atom stereocenters. The second-order valence-corrected chi connectivity index (χ2v) is 4.70. The van der Waals surface area contributed by atoms with E-state index in [4.69, 9.17) is 4.74 Å². The third-order valence-corrected chi connectivity index (χ3v) is 2.99. The van der Waals surface area contributed by atoms with Crippen LogP contribution in [0.4, 0.5) is 11.4 Å². The molecule has 22 heavy (non-hydrogen) atoms. The van der Waals surface area contributed by atoms with E-state index in [2.05, 4.69) is 5.32 Å². The SMILES string of the molecule is CCOc1ccc(C(=O)Nc2cccc(C)c2)cc1[N+](=O)[O-]. The number of carbonyl (C=O) groups is 1. The van der Waals surface area contributed by atoms with Gasteiger partial charge in [0.2, 0.25) is 0 Å². The van der Waals surface area contributed by atoms with Crippen LogP contribution in [0.5, 0.6) is 5.75 Å². The largest absolute Gasteiger partial charge is 0.487 e. The Labute approximate surface area is 127 Å². The molecule has 0 aliphatic rings. The van der Waals surface area contributed by atoms with Crippen LogP contribution in [0.2, 0.25) is 0 Å². The predicted octanol–water partition coefficient (Wildman–Crippen LogP) is 3.55. The lowest BCUT2D eigenvalue weighted by molar-refractivity contribution is -0.385. The first-order valence-corrected chi connectivity index (χ1v) is 6.80. The number of carbonyl (C=O) groups excluding carboxylic acids is 1. The van der Waals surface area contributed by atoms with Crippen LogP contribution in [0.1, 0.15) is 22.8 Å². The lowest BCUT2D eigenvalue weighted by atomic mass is 10.1. The van der Waals surface area contributed by atoms with E-state index in [0.717, 1.165) is 5.56 Å². The van der Waals surface area contributed by atoms with Gasteiger partial charge in [-0.05, 0) is 43.7 Å². The summed E-state index contributed by atoms with van der Waals surface area (Å²) < 4.78 is 5.19. The predicted molar refractivity (Wildman–Crippen MR) is 83.4 cm³/mol. The van der Waals surface area contributed by atoms with Crippen LogP contribution in [0.25, 0.3) is 0 Å². The smallest absolute Gasteiger partial charge is 0.311 e. The van der Waals surface area contributed by atoms with Crippen molar-refractivity contribution in [2.24, 2.45) is 0 Å². The van der Waals surface area contributed by atoms with E-state index < -0.39 is 10.8 Å². The summed E-state index contributed by atoms with van der Waals surface area (Å²) in [6.07, 6.45) is 0. The van der Waals surface area contributed by atoms with Gasteiger partial charge in [-0.2, -0.15) is 0 Å². The van der Waals surface area contributed by atoms with Crippen LogP contribution in [0, 0.1) is 17.0 Å². The lowest BCUT2D eigenvalue weighted by Gasteiger charge is -2.08. The molecule has 6 heteroatoms. The Hall–Kier alpha value is -2.89. The quantitative estimate of drug-likeness (QED) is 0.676. The number of rotatable bonds is 5. The van der Waals surface area contributed by atoms with Crippen LogP contribution in [0.3, 0.4) is 0 Å². The zero-order chi connectivity index (χ0) is 16.1. The fourth-order valence-corrected chi connectivity index (χ4v) is 2.00. The molecular weight excluding hydrogens is 284 g/mol. The number of nitro benzene ring substituents is 1. The van der Waals surface area contributed by atoms with Crippen LogP contribution < -0.4 is 10.1 Å². The molecule has 1 amide bonds. The van der Waals surface area contributed by atoms with Crippen molar-refractivity contribution >= 4 is 17.3 Å².